The lowest BCUT2D eigenvalue weighted by molar-refractivity contribution is 0.0734. The Morgan fingerprint density at radius 1 is 1.17 bits per heavy atom. The van der Waals surface area contributed by atoms with E-state index in [-0.39, 0.29) is 11.9 Å². The van der Waals surface area contributed by atoms with Gasteiger partial charge in [0.1, 0.15) is 11.5 Å². The lowest BCUT2D eigenvalue weighted by Crippen LogP contribution is -2.30. The second-order valence-electron chi connectivity index (χ2n) is 5.77. The Morgan fingerprint density at radius 2 is 2.00 bits per heavy atom. The summed E-state index contributed by atoms with van der Waals surface area (Å²) in [4.78, 5) is 14.9. The Labute approximate surface area is 155 Å². The van der Waals surface area contributed by atoms with Crippen LogP contribution >= 0.6 is 22.6 Å². The monoisotopic (exact) mass is 437 g/mol. The molecular formula is C19H20INO3. The first-order valence-corrected chi connectivity index (χ1v) is 9.00. The van der Waals surface area contributed by atoms with E-state index >= 15 is 0 Å². The Morgan fingerprint density at radius 3 is 2.71 bits per heavy atom. The SMILES string of the molecule is COc1ccc(OC)c(C2CCCN2C(=O)c2cccc(I)c2)c1. The normalized spacial score (nSPS) is 17.0. The van der Waals surface area contributed by atoms with Crippen molar-refractivity contribution >= 4 is 28.5 Å². The minimum Gasteiger partial charge on any atom is -0.497 e. The van der Waals surface area contributed by atoms with E-state index in [0.29, 0.717) is 0 Å². The molecule has 1 saturated heterocycles. The van der Waals surface area contributed by atoms with Gasteiger partial charge in [-0.3, -0.25) is 4.79 Å². The van der Waals surface area contributed by atoms with Gasteiger partial charge in [-0.15, -0.1) is 0 Å². The highest BCUT2D eigenvalue weighted by Gasteiger charge is 2.32. The molecule has 2 aromatic carbocycles. The number of amides is 1. The van der Waals surface area contributed by atoms with E-state index in [1.54, 1.807) is 14.2 Å². The molecule has 24 heavy (non-hydrogen) atoms. The Balaban J connectivity index is 1.95. The number of methoxy groups -OCH3 is 2. The summed E-state index contributed by atoms with van der Waals surface area (Å²) in [6.07, 6.45) is 1.92. The van der Waals surface area contributed by atoms with Crippen LogP contribution in [0.3, 0.4) is 0 Å². The van der Waals surface area contributed by atoms with Crippen molar-refractivity contribution in [3.63, 3.8) is 0 Å². The quantitative estimate of drug-likeness (QED) is 0.671. The van der Waals surface area contributed by atoms with Gasteiger partial charge < -0.3 is 14.4 Å². The summed E-state index contributed by atoms with van der Waals surface area (Å²) in [7, 11) is 3.31. The maximum atomic E-state index is 13.0. The summed E-state index contributed by atoms with van der Waals surface area (Å²) in [6, 6.07) is 13.5. The van der Waals surface area contributed by atoms with Gasteiger partial charge >= 0.3 is 0 Å². The number of rotatable bonds is 4. The zero-order chi connectivity index (χ0) is 17.1. The first-order valence-electron chi connectivity index (χ1n) is 7.92. The molecule has 0 N–H and O–H groups in total. The molecule has 1 aliphatic rings. The molecule has 1 atom stereocenters. The summed E-state index contributed by atoms with van der Waals surface area (Å²) in [5.41, 5.74) is 1.74. The largest absolute Gasteiger partial charge is 0.497 e. The van der Waals surface area contributed by atoms with Gasteiger partial charge in [0.25, 0.3) is 5.91 Å². The van der Waals surface area contributed by atoms with E-state index in [1.807, 2.05) is 47.4 Å². The van der Waals surface area contributed by atoms with Gasteiger partial charge in [0.2, 0.25) is 0 Å². The molecule has 0 saturated carbocycles. The van der Waals surface area contributed by atoms with Gasteiger partial charge in [-0.1, -0.05) is 6.07 Å². The molecule has 0 radical (unpaired) electrons. The maximum absolute atomic E-state index is 13.0. The average molecular weight is 437 g/mol. The number of halogens is 1. The van der Waals surface area contributed by atoms with Crippen LogP contribution in [0.4, 0.5) is 0 Å². The summed E-state index contributed by atoms with van der Waals surface area (Å²) < 4.78 is 11.9. The molecule has 1 fully saturated rings. The first kappa shape index (κ1) is 17.1. The highest BCUT2D eigenvalue weighted by atomic mass is 127. The van der Waals surface area contributed by atoms with Gasteiger partial charge in [-0.25, -0.2) is 0 Å². The van der Waals surface area contributed by atoms with Crippen molar-refractivity contribution in [2.75, 3.05) is 20.8 Å². The summed E-state index contributed by atoms with van der Waals surface area (Å²) in [6.45, 7) is 0.759. The molecule has 5 heteroatoms. The van der Waals surface area contributed by atoms with Crippen molar-refractivity contribution in [3.8, 4) is 11.5 Å². The topological polar surface area (TPSA) is 38.8 Å². The highest BCUT2D eigenvalue weighted by Crippen LogP contribution is 2.39. The van der Waals surface area contributed by atoms with Crippen LogP contribution in [0.15, 0.2) is 42.5 Å². The van der Waals surface area contributed by atoms with Crippen molar-refractivity contribution in [3.05, 3.63) is 57.2 Å². The molecular weight excluding hydrogens is 417 g/mol. The number of likely N-dealkylation sites (tertiary alicyclic amines) is 1. The van der Waals surface area contributed by atoms with Crippen molar-refractivity contribution in [1.82, 2.24) is 4.90 Å². The Bertz CT molecular complexity index is 747. The average Bonchev–Trinajstić information content (AvgIpc) is 3.10. The second kappa shape index (κ2) is 7.42. The van der Waals surface area contributed by atoms with Crippen LogP contribution in [0, 0.1) is 3.57 Å². The van der Waals surface area contributed by atoms with E-state index in [1.165, 1.54) is 0 Å². The summed E-state index contributed by atoms with van der Waals surface area (Å²) >= 11 is 2.23. The maximum Gasteiger partial charge on any atom is 0.254 e. The fourth-order valence-electron chi connectivity index (χ4n) is 3.22. The predicted molar refractivity (Wildman–Crippen MR) is 102 cm³/mol. The van der Waals surface area contributed by atoms with Crippen molar-refractivity contribution < 1.29 is 14.3 Å². The Hall–Kier alpha value is -1.76. The van der Waals surface area contributed by atoms with E-state index in [9.17, 15) is 4.79 Å². The third kappa shape index (κ3) is 3.36. The minimum atomic E-state index is 0.0143. The number of hydrogen-bond acceptors (Lipinski definition) is 3. The summed E-state index contributed by atoms with van der Waals surface area (Å²) in [5.74, 6) is 1.64. The smallest absolute Gasteiger partial charge is 0.254 e. The van der Waals surface area contributed by atoms with Crippen LogP contribution in [0.2, 0.25) is 0 Å². The number of nitrogens with zero attached hydrogens (tertiary/aromatic N) is 1. The van der Waals surface area contributed by atoms with Crippen molar-refractivity contribution in [2.24, 2.45) is 0 Å². The molecule has 0 aromatic heterocycles. The zero-order valence-corrected chi connectivity index (χ0v) is 15.9. The standard InChI is InChI=1S/C19H20INO3/c1-23-15-8-9-18(24-2)16(12-15)17-7-4-10-21(17)19(22)13-5-3-6-14(20)11-13/h3,5-6,8-9,11-12,17H,4,7,10H2,1-2H3. The molecule has 1 unspecified atom stereocenters. The van der Waals surface area contributed by atoms with Gasteiger partial charge in [0.05, 0.1) is 20.3 Å². The second-order valence-corrected chi connectivity index (χ2v) is 7.02. The van der Waals surface area contributed by atoms with E-state index in [2.05, 4.69) is 22.6 Å². The Kier molecular flexibility index (Phi) is 5.28. The lowest BCUT2D eigenvalue weighted by atomic mass is 10.0. The molecule has 0 bridgehead atoms. The van der Waals surface area contributed by atoms with E-state index in [4.69, 9.17) is 9.47 Å². The van der Waals surface area contributed by atoms with Gasteiger partial charge in [-0.2, -0.15) is 0 Å². The predicted octanol–water partition coefficient (Wildman–Crippen LogP) is 4.29. The molecule has 3 rings (SSSR count). The van der Waals surface area contributed by atoms with Gasteiger partial charge in [-0.05, 0) is 71.8 Å². The molecule has 4 nitrogen and oxygen atoms in total. The molecule has 0 aliphatic carbocycles. The summed E-state index contributed by atoms with van der Waals surface area (Å²) in [5, 5.41) is 0. The van der Waals surface area contributed by atoms with Crippen LogP contribution in [0.1, 0.15) is 34.8 Å². The number of ether oxygens (including phenoxy) is 2. The van der Waals surface area contributed by atoms with E-state index < -0.39 is 0 Å². The first-order chi connectivity index (χ1) is 11.6. The third-order valence-corrected chi connectivity index (χ3v) is 5.05. The number of hydrogen-bond donors (Lipinski definition) is 0. The van der Waals surface area contributed by atoms with Gasteiger partial charge in [0.15, 0.2) is 0 Å². The zero-order valence-electron chi connectivity index (χ0n) is 13.8. The lowest BCUT2D eigenvalue weighted by Gasteiger charge is -2.27. The van der Waals surface area contributed by atoms with Crippen LogP contribution < -0.4 is 9.47 Å². The highest BCUT2D eigenvalue weighted by molar-refractivity contribution is 14.1. The molecule has 0 spiro atoms. The molecule has 126 valence electrons. The number of benzene rings is 2. The number of carbonyl (C=O) groups is 1. The van der Waals surface area contributed by atoms with Crippen molar-refractivity contribution in [1.29, 1.82) is 0 Å². The molecule has 2 aromatic rings. The molecule has 1 amide bonds. The fraction of sp³-hybridized carbons (Fsp3) is 0.316. The van der Waals surface area contributed by atoms with Crippen LogP contribution in [-0.4, -0.2) is 31.6 Å². The van der Waals surface area contributed by atoms with Crippen molar-refractivity contribution in [2.45, 2.75) is 18.9 Å². The minimum absolute atomic E-state index is 0.0143. The van der Waals surface area contributed by atoms with Gasteiger partial charge in [0, 0.05) is 21.2 Å². The molecule has 1 aliphatic heterocycles. The molecule has 1 heterocycles. The van der Waals surface area contributed by atoms with Crippen LogP contribution in [0.25, 0.3) is 0 Å². The number of carbonyl (C=O) groups excluding carboxylic acids is 1. The van der Waals surface area contributed by atoms with Crippen LogP contribution in [0.5, 0.6) is 11.5 Å². The third-order valence-electron chi connectivity index (χ3n) is 4.38. The van der Waals surface area contributed by atoms with E-state index in [0.717, 1.165) is 45.6 Å². The fourth-order valence-corrected chi connectivity index (χ4v) is 3.76. The van der Waals surface area contributed by atoms with Crippen LogP contribution in [-0.2, 0) is 0 Å².